The number of rotatable bonds is 2. The lowest BCUT2D eigenvalue weighted by atomic mass is 9.72. The Morgan fingerprint density at radius 1 is 1.38 bits per heavy atom. The van der Waals surface area contributed by atoms with E-state index in [-0.39, 0.29) is 10.6 Å². The second-order valence-corrected chi connectivity index (χ2v) is 6.48. The summed E-state index contributed by atoms with van der Waals surface area (Å²) in [6, 6.07) is 4.39. The smallest absolute Gasteiger partial charge is 0.175 e. The van der Waals surface area contributed by atoms with Crippen molar-refractivity contribution < 1.29 is 13.5 Å². The number of aromatic hydroxyl groups is 1. The van der Waals surface area contributed by atoms with E-state index in [2.05, 4.69) is 0 Å². The summed E-state index contributed by atoms with van der Waals surface area (Å²) < 4.78 is 22.6. The molecule has 88 valence electrons. The molecule has 4 nitrogen and oxygen atoms in total. The van der Waals surface area contributed by atoms with Crippen molar-refractivity contribution in [2.24, 2.45) is 5.73 Å². The molecular weight excluding hydrogens is 226 g/mol. The molecule has 3 N–H and O–H groups in total. The number of sulfone groups is 1. The average Bonchev–Trinajstić information content (AvgIpc) is 2.12. The van der Waals surface area contributed by atoms with Crippen molar-refractivity contribution in [2.45, 2.75) is 29.7 Å². The van der Waals surface area contributed by atoms with Gasteiger partial charge in [0.25, 0.3) is 0 Å². The molecule has 5 heteroatoms. The molecule has 0 aromatic heterocycles. The van der Waals surface area contributed by atoms with E-state index in [1.807, 2.05) is 0 Å². The van der Waals surface area contributed by atoms with Crippen LogP contribution in [-0.2, 0) is 15.4 Å². The molecule has 1 saturated carbocycles. The summed E-state index contributed by atoms with van der Waals surface area (Å²) in [7, 11) is -3.28. The van der Waals surface area contributed by atoms with Gasteiger partial charge < -0.3 is 10.8 Å². The van der Waals surface area contributed by atoms with Gasteiger partial charge in [-0.3, -0.25) is 0 Å². The van der Waals surface area contributed by atoms with Gasteiger partial charge in [-0.2, -0.15) is 0 Å². The second kappa shape index (κ2) is 3.46. The standard InChI is InChI=1S/C11H15NO3S/c1-16(14,15)8-3-4-9(10(13)7-8)11(12)5-2-6-11/h3-4,7,13H,2,5-6,12H2,1H3. The molecule has 0 radical (unpaired) electrons. The average molecular weight is 241 g/mol. The number of hydrogen-bond acceptors (Lipinski definition) is 4. The number of nitrogens with two attached hydrogens (primary N) is 1. The highest BCUT2D eigenvalue weighted by Gasteiger charge is 2.36. The molecule has 0 aliphatic heterocycles. The summed E-state index contributed by atoms with van der Waals surface area (Å²) >= 11 is 0. The van der Waals surface area contributed by atoms with E-state index in [0.717, 1.165) is 25.5 Å². The van der Waals surface area contributed by atoms with E-state index in [1.165, 1.54) is 12.1 Å². The fourth-order valence-corrected chi connectivity index (χ4v) is 2.63. The Balaban J connectivity index is 2.45. The quantitative estimate of drug-likeness (QED) is 0.813. The van der Waals surface area contributed by atoms with Gasteiger partial charge in [0.05, 0.1) is 4.90 Å². The Labute approximate surface area is 95.0 Å². The Morgan fingerprint density at radius 3 is 2.38 bits per heavy atom. The maximum absolute atomic E-state index is 11.3. The van der Waals surface area contributed by atoms with Gasteiger partial charge in [0.1, 0.15) is 5.75 Å². The highest BCUT2D eigenvalue weighted by atomic mass is 32.2. The Kier molecular flexibility index (Phi) is 2.47. The lowest BCUT2D eigenvalue weighted by Gasteiger charge is -2.38. The molecule has 0 spiro atoms. The molecule has 0 amide bonds. The first-order chi connectivity index (χ1) is 7.33. The molecule has 2 rings (SSSR count). The van der Waals surface area contributed by atoms with Gasteiger partial charge in [0.2, 0.25) is 0 Å². The van der Waals surface area contributed by atoms with Crippen LogP contribution in [0.4, 0.5) is 0 Å². The molecule has 1 aromatic carbocycles. The van der Waals surface area contributed by atoms with Crippen LogP contribution in [0.5, 0.6) is 5.75 Å². The first-order valence-corrected chi connectivity index (χ1v) is 7.04. The van der Waals surface area contributed by atoms with Crippen LogP contribution in [0.15, 0.2) is 23.1 Å². The van der Waals surface area contributed by atoms with Crippen molar-refractivity contribution in [3.63, 3.8) is 0 Å². The van der Waals surface area contributed by atoms with Crippen molar-refractivity contribution in [1.82, 2.24) is 0 Å². The van der Waals surface area contributed by atoms with Crippen LogP contribution in [0.25, 0.3) is 0 Å². The third-order valence-electron chi connectivity index (χ3n) is 3.18. The van der Waals surface area contributed by atoms with E-state index >= 15 is 0 Å². The Hall–Kier alpha value is -1.07. The highest BCUT2D eigenvalue weighted by molar-refractivity contribution is 7.90. The monoisotopic (exact) mass is 241 g/mol. The molecule has 0 bridgehead atoms. The molecule has 1 aliphatic rings. The van der Waals surface area contributed by atoms with E-state index in [1.54, 1.807) is 6.07 Å². The van der Waals surface area contributed by atoms with Crippen LogP contribution >= 0.6 is 0 Å². The molecule has 1 fully saturated rings. The van der Waals surface area contributed by atoms with Crippen LogP contribution < -0.4 is 5.73 Å². The summed E-state index contributed by atoms with van der Waals surface area (Å²) in [5, 5.41) is 9.81. The predicted octanol–water partition coefficient (Wildman–Crippen LogP) is 1.13. The zero-order valence-electron chi connectivity index (χ0n) is 9.10. The van der Waals surface area contributed by atoms with Gasteiger partial charge in [-0.1, -0.05) is 6.07 Å². The largest absolute Gasteiger partial charge is 0.508 e. The SMILES string of the molecule is CS(=O)(=O)c1ccc(C2(N)CCC2)c(O)c1. The zero-order chi connectivity index (χ0) is 12.0. The lowest BCUT2D eigenvalue weighted by molar-refractivity contribution is 0.245. The minimum atomic E-state index is -3.28. The van der Waals surface area contributed by atoms with Crippen molar-refractivity contribution in [1.29, 1.82) is 0 Å². The van der Waals surface area contributed by atoms with Crippen molar-refractivity contribution in [3.8, 4) is 5.75 Å². The molecule has 1 aliphatic carbocycles. The molecule has 0 unspecified atom stereocenters. The van der Waals surface area contributed by atoms with E-state index in [9.17, 15) is 13.5 Å². The Morgan fingerprint density at radius 2 is 2.00 bits per heavy atom. The normalized spacial score (nSPS) is 19.1. The van der Waals surface area contributed by atoms with Crippen LogP contribution in [0.1, 0.15) is 24.8 Å². The van der Waals surface area contributed by atoms with Gasteiger partial charge in [-0.25, -0.2) is 8.42 Å². The molecule has 0 saturated heterocycles. The van der Waals surface area contributed by atoms with Crippen LogP contribution in [0.2, 0.25) is 0 Å². The van der Waals surface area contributed by atoms with Gasteiger partial charge in [0, 0.05) is 17.4 Å². The minimum Gasteiger partial charge on any atom is -0.508 e. The van der Waals surface area contributed by atoms with Crippen LogP contribution in [-0.4, -0.2) is 19.8 Å². The topological polar surface area (TPSA) is 80.4 Å². The van der Waals surface area contributed by atoms with Crippen LogP contribution in [0.3, 0.4) is 0 Å². The van der Waals surface area contributed by atoms with Gasteiger partial charge in [-0.05, 0) is 31.4 Å². The fourth-order valence-electron chi connectivity index (χ4n) is 1.99. The summed E-state index contributed by atoms with van der Waals surface area (Å²) in [5.74, 6) is -0.0230. The van der Waals surface area contributed by atoms with Crippen molar-refractivity contribution in [2.75, 3.05) is 6.26 Å². The second-order valence-electron chi connectivity index (χ2n) is 4.46. The van der Waals surface area contributed by atoms with E-state index in [4.69, 9.17) is 5.73 Å². The summed E-state index contributed by atoms with van der Waals surface area (Å²) in [6.45, 7) is 0. The number of benzene rings is 1. The number of phenols is 1. The maximum Gasteiger partial charge on any atom is 0.175 e. The molecule has 0 heterocycles. The van der Waals surface area contributed by atoms with Gasteiger partial charge >= 0.3 is 0 Å². The summed E-state index contributed by atoms with van der Waals surface area (Å²) in [4.78, 5) is 0.122. The lowest BCUT2D eigenvalue weighted by Crippen LogP contribution is -2.43. The van der Waals surface area contributed by atoms with Gasteiger partial charge in [-0.15, -0.1) is 0 Å². The maximum atomic E-state index is 11.3. The van der Waals surface area contributed by atoms with E-state index < -0.39 is 15.4 Å². The Bertz CT molecular complexity index is 518. The minimum absolute atomic E-state index is 0.0230. The summed E-state index contributed by atoms with van der Waals surface area (Å²) in [6.07, 6.45) is 3.82. The molecule has 16 heavy (non-hydrogen) atoms. The van der Waals surface area contributed by atoms with E-state index in [0.29, 0.717) is 5.56 Å². The first-order valence-electron chi connectivity index (χ1n) is 5.15. The third-order valence-corrected chi connectivity index (χ3v) is 4.29. The number of hydrogen-bond donors (Lipinski definition) is 2. The first kappa shape index (κ1) is 11.4. The third kappa shape index (κ3) is 1.81. The van der Waals surface area contributed by atoms with Gasteiger partial charge in [0.15, 0.2) is 9.84 Å². The molecular formula is C11H15NO3S. The predicted molar refractivity (Wildman–Crippen MR) is 60.9 cm³/mol. The fraction of sp³-hybridized carbons (Fsp3) is 0.455. The summed E-state index contributed by atoms with van der Waals surface area (Å²) in [5.41, 5.74) is 6.25. The van der Waals surface area contributed by atoms with Crippen molar-refractivity contribution in [3.05, 3.63) is 23.8 Å². The van der Waals surface area contributed by atoms with Crippen molar-refractivity contribution >= 4 is 9.84 Å². The number of phenolic OH excluding ortho intramolecular Hbond substituents is 1. The highest BCUT2D eigenvalue weighted by Crippen LogP contribution is 2.42. The molecule has 1 aromatic rings. The zero-order valence-corrected chi connectivity index (χ0v) is 9.92. The molecule has 0 atom stereocenters. The van der Waals surface area contributed by atoms with Crippen LogP contribution in [0, 0.1) is 0 Å².